The Bertz CT molecular complexity index is 493. The lowest BCUT2D eigenvalue weighted by molar-refractivity contribution is -0.127. The van der Waals surface area contributed by atoms with Crippen LogP contribution in [0.5, 0.6) is 0 Å². The number of imide groups is 1. The van der Waals surface area contributed by atoms with Crippen molar-refractivity contribution in [2.75, 3.05) is 14.1 Å². The van der Waals surface area contributed by atoms with Crippen LogP contribution >= 0.6 is 0 Å². The number of carbonyl (C=O) groups excluding carboxylic acids is 2. The predicted molar refractivity (Wildman–Crippen MR) is 69.3 cm³/mol. The van der Waals surface area contributed by atoms with Gasteiger partial charge < -0.3 is 5.32 Å². The Morgan fingerprint density at radius 2 is 2.11 bits per heavy atom. The van der Waals surface area contributed by atoms with Crippen molar-refractivity contribution in [3.8, 4) is 0 Å². The zero-order valence-electron chi connectivity index (χ0n) is 11.0. The summed E-state index contributed by atoms with van der Waals surface area (Å²) in [5, 5.41) is 3.22. The average Bonchev–Trinajstić information content (AvgIpc) is 2.38. The van der Waals surface area contributed by atoms with E-state index in [1.165, 1.54) is 11.9 Å². The van der Waals surface area contributed by atoms with Gasteiger partial charge in [0.25, 0.3) is 5.91 Å². The van der Waals surface area contributed by atoms with Crippen LogP contribution in [0, 0.1) is 0 Å². The highest BCUT2D eigenvalue weighted by atomic mass is 16.2. The number of hydrogen-bond acceptors (Lipinski definition) is 3. The van der Waals surface area contributed by atoms with Gasteiger partial charge in [-0.2, -0.15) is 0 Å². The quantitative estimate of drug-likeness (QED) is 0.822. The zero-order valence-corrected chi connectivity index (χ0v) is 11.0. The van der Waals surface area contributed by atoms with Gasteiger partial charge in [-0.25, -0.2) is 0 Å². The molecule has 0 saturated heterocycles. The molecule has 1 aliphatic rings. The Labute approximate surface area is 107 Å². The van der Waals surface area contributed by atoms with Crippen molar-refractivity contribution in [2.24, 2.45) is 0 Å². The van der Waals surface area contributed by atoms with Crippen molar-refractivity contribution in [2.45, 2.75) is 25.8 Å². The number of benzene rings is 1. The van der Waals surface area contributed by atoms with Gasteiger partial charge in [-0.3, -0.25) is 14.5 Å². The highest BCUT2D eigenvalue weighted by molar-refractivity contribution is 6.09. The largest absolute Gasteiger partial charge is 0.313 e. The number of carbonyl (C=O) groups is 2. The highest BCUT2D eigenvalue weighted by Gasteiger charge is 2.28. The standard InChI is InChI=1S/C14H18N2O2/c1-4-12(15-2)10-6-5-9-8-13(17)16(3)14(18)11(9)7-10/h5-7,12,15H,4,8H2,1-3H3. The molecule has 0 aromatic heterocycles. The van der Waals surface area contributed by atoms with E-state index in [1.54, 1.807) is 0 Å². The van der Waals surface area contributed by atoms with Gasteiger partial charge in [-0.15, -0.1) is 0 Å². The predicted octanol–water partition coefficient (Wildman–Crippen LogP) is 1.51. The Hall–Kier alpha value is -1.68. The summed E-state index contributed by atoms with van der Waals surface area (Å²) >= 11 is 0. The molecule has 0 bridgehead atoms. The fraction of sp³-hybridized carbons (Fsp3) is 0.429. The molecule has 1 aromatic carbocycles. The molecule has 2 amide bonds. The molecule has 1 N–H and O–H groups in total. The van der Waals surface area contributed by atoms with Crippen LogP contribution in [0.2, 0.25) is 0 Å². The van der Waals surface area contributed by atoms with Gasteiger partial charge in [0.1, 0.15) is 0 Å². The molecule has 4 nitrogen and oxygen atoms in total. The summed E-state index contributed by atoms with van der Waals surface area (Å²) in [7, 11) is 3.45. The van der Waals surface area contributed by atoms with Crippen LogP contribution in [0.1, 0.15) is 40.9 Å². The maximum Gasteiger partial charge on any atom is 0.260 e. The smallest absolute Gasteiger partial charge is 0.260 e. The van der Waals surface area contributed by atoms with Crippen LogP contribution in [0.4, 0.5) is 0 Å². The Balaban J connectivity index is 2.43. The van der Waals surface area contributed by atoms with E-state index >= 15 is 0 Å². The van der Waals surface area contributed by atoms with E-state index in [2.05, 4.69) is 12.2 Å². The van der Waals surface area contributed by atoms with Gasteiger partial charge in [0.15, 0.2) is 0 Å². The van der Waals surface area contributed by atoms with Gasteiger partial charge >= 0.3 is 0 Å². The number of likely N-dealkylation sites (N-methyl/N-ethyl adjacent to an activating group) is 1. The van der Waals surface area contributed by atoms with Gasteiger partial charge in [0.2, 0.25) is 5.91 Å². The number of amides is 2. The highest BCUT2D eigenvalue weighted by Crippen LogP contribution is 2.24. The van der Waals surface area contributed by atoms with E-state index in [4.69, 9.17) is 0 Å². The van der Waals surface area contributed by atoms with Gasteiger partial charge in [0, 0.05) is 18.7 Å². The van der Waals surface area contributed by atoms with Crippen LogP contribution in [-0.4, -0.2) is 30.8 Å². The molecule has 1 atom stereocenters. The maximum atomic E-state index is 12.1. The molecule has 1 unspecified atom stereocenters. The zero-order chi connectivity index (χ0) is 13.3. The number of nitrogens with zero attached hydrogens (tertiary/aromatic N) is 1. The first-order valence-electron chi connectivity index (χ1n) is 6.19. The minimum atomic E-state index is -0.200. The first-order chi connectivity index (χ1) is 8.58. The van der Waals surface area contributed by atoms with Crippen LogP contribution in [0.25, 0.3) is 0 Å². The molecule has 0 saturated carbocycles. The molecule has 0 spiro atoms. The molecule has 2 rings (SSSR count). The van der Waals surface area contributed by atoms with E-state index in [-0.39, 0.29) is 17.9 Å². The van der Waals surface area contributed by atoms with Crippen molar-refractivity contribution in [3.05, 3.63) is 34.9 Å². The lowest BCUT2D eigenvalue weighted by atomic mass is 9.93. The molecule has 0 fully saturated rings. The fourth-order valence-corrected chi connectivity index (χ4v) is 2.35. The second-order valence-corrected chi connectivity index (χ2v) is 4.60. The summed E-state index contributed by atoms with van der Waals surface area (Å²) in [5.74, 6) is -0.338. The maximum absolute atomic E-state index is 12.1. The molecule has 96 valence electrons. The SMILES string of the molecule is CCC(NC)c1ccc2c(c1)C(=O)N(C)C(=O)C2. The van der Waals surface area contributed by atoms with Crippen LogP contribution in [-0.2, 0) is 11.2 Å². The summed E-state index contributed by atoms with van der Waals surface area (Å²) in [6.45, 7) is 2.10. The number of rotatable bonds is 3. The Morgan fingerprint density at radius 3 is 2.72 bits per heavy atom. The molecular formula is C14H18N2O2. The molecule has 1 heterocycles. The number of hydrogen-bond donors (Lipinski definition) is 1. The molecule has 0 radical (unpaired) electrons. The third kappa shape index (κ3) is 2.04. The summed E-state index contributed by atoms with van der Waals surface area (Å²) in [4.78, 5) is 24.9. The lowest BCUT2D eigenvalue weighted by Crippen LogP contribution is -2.39. The van der Waals surface area contributed by atoms with Crippen LogP contribution < -0.4 is 5.32 Å². The first-order valence-corrected chi connectivity index (χ1v) is 6.19. The van der Waals surface area contributed by atoms with Gasteiger partial charge in [-0.05, 0) is 30.7 Å². The molecule has 4 heteroatoms. The Morgan fingerprint density at radius 1 is 1.39 bits per heavy atom. The molecule has 18 heavy (non-hydrogen) atoms. The summed E-state index contributed by atoms with van der Waals surface area (Å²) in [6, 6.07) is 6.04. The monoisotopic (exact) mass is 246 g/mol. The van der Waals surface area contributed by atoms with Crippen molar-refractivity contribution in [1.82, 2.24) is 10.2 Å². The van der Waals surface area contributed by atoms with Crippen molar-refractivity contribution in [1.29, 1.82) is 0 Å². The normalized spacial score (nSPS) is 16.7. The summed E-state index contributed by atoms with van der Waals surface area (Å²) in [6.07, 6.45) is 1.27. The third-order valence-corrected chi connectivity index (χ3v) is 3.54. The van der Waals surface area contributed by atoms with Gasteiger partial charge in [-0.1, -0.05) is 19.1 Å². The Kier molecular flexibility index (Phi) is 3.48. The van der Waals surface area contributed by atoms with E-state index in [0.29, 0.717) is 12.0 Å². The second kappa shape index (κ2) is 4.90. The van der Waals surface area contributed by atoms with E-state index < -0.39 is 0 Å². The topological polar surface area (TPSA) is 49.4 Å². The molecule has 1 aliphatic heterocycles. The van der Waals surface area contributed by atoms with Crippen LogP contribution in [0.15, 0.2) is 18.2 Å². The van der Waals surface area contributed by atoms with E-state index in [9.17, 15) is 9.59 Å². The summed E-state index contributed by atoms with van der Waals surface area (Å²) in [5.41, 5.74) is 2.58. The van der Waals surface area contributed by atoms with Crippen molar-refractivity contribution in [3.63, 3.8) is 0 Å². The van der Waals surface area contributed by atoms with Crippen molar-refractivity contribution < 1.29 is 9.59 Å². The third-order valence-electron chi connectivity index (χ3n) is 3.54. The molecule has 1 aromatic rings. The number of fused-ring (bicyclic) bond motifs is 1. The minimum absolute atomic E-state index is 0.138. The van der Waals surface area contributed by atoms with Gasteiger partial charge in [0.05, 0.1) is 6.42 Å². The van der Waals surface area contributed by atoms with E-state index in [0.717, 1.165) is 17.5 Å². The minimum Gasteiger partial charge on any atom is -0.313 e. The lowest BCUT2D eigenvalue weighted by Gasteiger charge is -2.24. The second-order valence-electron chi connectivity index (χ2n) is 4.60. The fourth-order valence-electron chi connectivity index (χ4n) is 2.35. The number of nitrogens with one attached hydrogen (secondary N) is 1. The molecule has 0 aliphatic carbocycles. The summed E-state index contributed by atoms with van der Waals surface area (Å²) < 4.78 is 0. The first kappa shape index (κ1) is 12.8. The van der Waals surface area contributed by atoms with E-state index in [1.807, 2.05) is 25.2 Å². The van der Waals surface area contributed by atoms with Crippen molar-refractivity contribution >= 4 is 11.8 Å². The molecular weight excluding hydrogens is 228 g/mol. The van der Waals surface area contributed by atoms with Crippen LogP contribution in [0.3, 0.4) is 0 Å². The average molecular weight is 246 g/mol.